The summed E-state index contributed by atoms with van der Waals surface area (Å²) in [4.78, 5) is 8.10. The van der Waals surface area contributed by atoms with E-state index < -0.39 is 29.0 Å². The number of phenolic OH excluding ortho intramolecular Hbond substituents is 3. The summed E-state index contributed by atoms with van der Waals surface area (Å²) in [6.45, 7) is 0. The standard InChI is InChI=1S/C32H26N8O6/c1-44-26-10-4-7-19(29(26)41)17-37-22(13-33)24(15-35)39-32(21-9-6-12-28(46-3)31(21)43)40-25(16-36)23(14-34)38-18-20-8-5-11-27(45-2)30(20)42/h4-12,17-18,32,39-43H,1-3H3/b24-22-,25-23-,37-17?,38-18?. The SMILES string of the molecule is COc1cccc(C=N/C(C#N)=C(/C#N)NC(N/C(C#N)=C(/C#N)N=Cc2cccc(OC)c2O)c2cccc(OC)c2O)c1O. The second-order valence-electron chi connectivity index (χ2n) is 8.83. The van der Waals surface area contributed by atoms with Gasteiger partial charge in [0.25, 0.3) is 0 Å². The number of hydrogen-bond acceptors (Lipinski definition) is 14. The normalized spacial score (nSPS) is 12.4. The molecule has 14 heteroatoms. The van der Waals surface area contributed by atoms with Crippen LogP contribution in [0.5, 0.6) is 34.5 Å². The molecule has 0 aliphatic rings. The van der Waals surface area contributed by atoms with E-state index in [2.05, 4.69) is 20.6 Å². The van der Waals surface area contributed by atoms with E-state index in [1.807, 2.05) is 12.1 Å². The smallest absolute Gasteiger partial charge is 0.174 e. The number of phenols is 3. The largest absolute Gasteiger partial charge is 0.504 e. The molecule has 3 rings (SSSR count). The summed E-state index contributed by atoms with van der Waals surface area (Å²) < 4.78 is 15.3. The Labute approximate surface area is 263 Å². The van der Waals surface area contributed by atoms with Gasteiger partial charge in [0.1, 0.15) is 30.4 Å². The maximum atomic E-state index is 10.9. The minimum atomic E-state index is -1.34. The predicted octanol–water partition coefficient (Wildman–Crippen LogP) is 3.76. The van der Waals surface area contributed by atoms with Crippen molar-refractivity contribution in [1.82, 2.24) is 10.6 Å². The number of para-hydroxylation sites is 3. The van der Waals surface area contributed by atoms with Gasteiger partial charge in [-0.05, 0) is 30.3 Å². The van der Waals surface area contributed by atoms with Crippen molar-refractivity contribution < 1.29 is 29.5 Å². The minimum absolute atomic E-state index is 0.0510. The first kappa shape index (κ1) is 33.3. The molecular weight excluding hydrogens is 592 g/mol. The topological polar surface area (TPSA) is 232 Å². The number of benzene rings is 3. The first-order valence-electron chi connectivity index (χ1n) is 13.0. The van der Waals surface area contributed by atoms with Crippen LogP contribution in [0.25, 0.3) is 0 Å². The lowest BCUT2D eigenvalue weighted by atomic mass is 10.1. The molecule has 0 aromatic heterocycles. The molecule has 0 fully saturated rings. The van der Waals surface area contributed by atoms with Gasteiger partial charge in [0.2, 0.25) is 0 Å². The van der Waals surface area contributed by atoms with Crippen molar-refractivity contribution in [3.8, 4) is 58.8 Å². The quantitative estimate of drug-likeness (QED) is 0.111. The third kappa shape index (κ3) is 7.61. The van der Waals surface area contributed by atoms with E-state index in [1.165, 1.54) is 63.8 Å². The molecule has 0 heterocycles. The van der Waals surface area contributed by atoms with Crippen molar-refractivity contribution in [3.05, 3.63) is 94.1 Å². The second-order valence-corrected chi connectivity index (χ2v) is 8.83. The number of hydrogen-bond donors (Lipinski definition) is 5. The average Bonchev–Trinajstić information content (AvgIpc) is 3.08. The van der Waals surface area contributed by atoms with Gasteiger partial charge in [-0.2, -0.15) is 21.0 Å². The highest BCUT2D eigenvalue weighted by Crippen LogP contribution is 2.34. The van der Waals surface area contributed by atoms with E-state index in [4.69, 9.17) is 14.2 Å². The van der Waals surface area contributed by atoms with Gasteiger partial charge >= 0.3 is 0 Å². The van der Waals surface area contributed by atoms with Crippen LogP contribution >= 0.6 is 0 Å². The van der Waals surface area contributed by atoms with Crippen LogP contribution in [0.3, 0.4) is 0 Å². The number of nitrogens with one attached hydrogen (secondary N) is 2. The molecule has 0 saturated heterocycles. The number of aromatic hydroxyl groups is 3. The molecule has 0 atom stereocenters. The summed E-state index contributed by atoms with van der Waals surface area (Å²) in [5.41, 5.74) is -1.21. The molecule has 46 heavy (non-hydrogen) atoms. The minimum Gasteiger partial charge on any atom is -0.504 e. The van der Waals surface area contributed by atoms with Crippen LogP contribution in [0.1, 0.15) is 22.9 Å². The second kappa shape index (κ2) is 15.9. The van der Waals surface area contributed by atoms with Crippen LogP contribution in [0.15, 0.2) is 87.4 Å². The first-order chi connectivity index (χ1) is 22.3. The molecule has 0 aliphatic carbocycles. The Morgan fingerprint density at radius 1 is 0.630 bits per heavy atom. The summed E-state index contributed by atoms with van der Waals surface area (Å²) in [5, 5.41) is 76.8. The average molecular weight is 619 g/mol. The van der Waals surface area contributed by atoms with Crippen LogP contribution in [0, 0.1) is 45.3 Å². The molecule has 0 saturated carbocycles. The summed E-state index contributed by atoms with van der Waals surface area (Å²) in [7, 11) is 4.05. The third-order valence-electron chi connectivity index (χ3n) is 6.21. The molecule has 230 valence electrons. The Balaban J connectivity index is 2.12. The van der Waals surface area contributed by atoms with Crippen molar-refractivity contribution in [3.63, 3.8) is 0 Å². The van der Waals surface area contributed by atoms with Gasteiger partial charge in [0, 0.05) is 29.1 Å². The van der Waals surface area contributed by atoms with Crippen molar-refractivity contribution >= 4 is 12.4 Å². The summed E-state index contributed by atoms with van der Waals surface area (Å²) >= 11 is 0. The summed E-state index contributed by atoms with van der Waals surface area (Å²) in [6, 6.07) is 20.9. The Morgan fingerprint density at radius 3 is 1.39 bits per heavy atom. The van der Waals surface area contributed by atoms with E-state index in [9.17, 15) is 36.4 Å². The lowest BCUT2D eigenvalue weighted by Crippen LogP contribution is -2.34. The lowest BCUT2D eigenvalue weighted by Gasteiger charge is -2.23. The molecule has 5 N–H and O–H groups in total. The van der Waals surface area contributed by atoms with Gasteiger partial charge in [0.05, 0.1) is 21.3 Å². The van der Waals surface area contributed by atoms with Crippen LogP contribution in [-0.4, -0.2) is 49.1 Å². The number of nitriles is 4. The molecule has 3 aromatic rings. The Hall–Kier alpha value is -7.16. The Morgan fingerprint density at radius 2 is 1.02 bits per heavy atom. The number of nitrogens with zero attached hydrogens (tertiary/aromatic N) is 6. The van der Waals surface area contributed by atoms with Crippen LogP contribution in [-0.2, 0) is 0 Å². The number of allylic oxidation sites excluding steroid dienone is 4. The maximum absolute atomic E-state index is 10.9. The Bertz CT molecular complexity index is 1790. The summed E-state index contributed by atoms with van der Waals surface area (Å²) in [6.07, 6.45) is 0.961. The van der Waals surface area contributed by atoms with Crippen molar-refractivity contribution in [2.45, 2.75) is 6.17 Å². The zero-order valence-corrected chi connectivity index (χ0v) is 24.7. The van der Waals surface area contributed by atoms with Crippen LogP contribution < -0.4 is 24.8 Å². The first-order valence-corrected chi connectivity index (χ1v) is 13.0. The molecular formula is C32H26N8O6. The van der Waals surface area contributed by atoms with E-state index in [1.54, 1.807) is 24.3 Å². The highest BCUT2D eigenvalue weighted by Gasteiger charge is 2.23. The highest BCUT2D eigenvalue weighted by molar-refractivity contribution is 5.86. The van der Waals surface area contributed by atoms with Gasteiger partial charge < -0.3 is 40.2 Å². The van der Waals surface area contributed by atoms with Crippen LogP contribution in [0.2, 0.25) is 0 Å². The van der Waals surface area contributed by atoms with E-state index >= 15 is 0 Å². The van der Waals surface area contributed by atoms with Crippen molar-refractivity contribution in [1.29, 1.82) is 21.0 Å². The fourth-order valence-electron chi connectivity index (χ4n) is 3.91. The van der Waals surface area contributed by atoms with Gasteiger partial charge in [-0.1, -0.05) is 24.3 Å². The van der Waals surface area contributed by atoms with Gasteiger partial charge in [-0.25, -0.2) is 9.98 Å². The number of methoxy groups -OCH3 is 3. The molecule has 0 spiro atoms. The maximum Gasteiger partial charge on any atom is 0.174 e. The monoisotopic (exact) mass is 618 g/mol. The van der Waals surface area contributed by atoms with Gasteiger partial charge in [0.15, 0.2) is 57.3 Å². The van der Waals surface area contributed by atoms with Crippen molar-refractivity contribution in [2.24, 2.45) is 9.98 Å². The van der Waals surface area contributed by atoms with E-state index in [-0.39, 0.29) is 51.2 Å². The zero-order chi connectivity index (χ0) is 33.6. The van der Waals surface area contributed by atoms with E-state index in [0.29, 0.717) is 0 Å². The zero-order valence-electron chi connectivity index (χ0n) is 24.7. The molecule has 14 nitrogen and oxygen atoms in total. The lowest BCUT2D eigenvalue weighted by molar-refractivity contribution is 0.364. The van der Waals surface area contributed by atoms with Crippen LogP contribution in [0.4, 0.5) is 0 Å². The fraction of sp³-hybridized carbons (Fsp3) is 0.125. The van der Waals surface area contributed by atoms with Gasteiger partial charge in [-0.15, -0.1) is 0 Å². The molecule has 0 aliphatic heterocycles. The molecule has 0 amide bonds. The number of ether oxygens (including phenoxy) is 3. The predicted molar refractivity (Wildman–Crippen MR) is 165 cm³/mol. The highest BCUT2D eigenvalue weighted by atomic mass is 16.5. The molecule has 3 aromatic carbocycles. The van der Waals surface area contributed by atoms with Crippen molar-refractivity contribution in [2.75, 3.05) is 21.3 Å². The molecule has 0 unspecified atom stereocenters. The fourth-order valence-corrected chi connectivity index (χ4v) is 3.91. The molecule has 0 bridgehead atoms. The number of aliphatic imine (C=N–C) groups is 2. The number of rotatable bonds is 12. The van der Waals surface area contributed by atoms with Gasteiger partial charge in [-0.3, -0.25) is 0 Å². The molecule has 0 radical (unpaired) electrons. The van der Waals surface area contributed by atoms with E-state index in [0.717, 1.165) is 12.4 Å². The summed E-state index contributed by atoms with van der Waals surface area (Å²) in [5.74, 6) is -0.484. The Kier molecular flexibility index (Phi) is 11.5. The third-order valence-corrected chi connectivity index (χ3v) is 6.21.